The van der Waals surface area contributed by atoms with E-state index in [2.05, 4.69) is 15.9 Å². The van der Waals surface area contributed by atoms with Crippen molar-refractivity contribution in [3.63, 3.8) is 0 Å². The Bertz CT molecular complexity index is 695. The van der Waals surface area contributed by atoms with Gasteiger partial charge in [0, 0.05) is 10.2 Å². The molecule has 0 atom stereocenters. The molecule has 4 heteroatoms. The predicted octanol–water partition coefficient (Wildman–Crippen LogP) is 4.31. The molecule has 0 unspecified atom stereocenters. The maximum atomic E-state index is 12.2. The molecule has 0 amide bonds. The summed E-state index contributed by atoms with van der Waals surface area (Å²) in [5.41, 5.74) is 11.0. The number of benzene rings is 2. The summed E-state index contributed by atoms with van der Waals surface area (Å²) in [7, 11) is 0. The van der Waals surface area contributed by atoms with Crippen molar-refractivity contribution >= 4 is 27.6 Å². The number of anilines is 1. The van der Waals surface area contributed by atoms with E-state index < -0.39 is 0 Å². The molecule has 0 aliphatic heterocycles. The van der Waals surface area contributed by atoms with Crippen molar-refractivity contribution < 1.29 is 9.53 Å². The predicted molar refractivity (Wildman–Crippen MR) is 88.3 cm³/mol. The van der Waals surface area contributed by atoms with Crippen LogP contribution in [0.5, 0.6) is 0 Å². The standard InChI is InChI=1S/C17H18BrNO2/c1-10-4-5-11(2)13(6-10)9-21-17(20)15-7-14(18)8-16(19)12(15)3/h4-8H,9,19H2,1-3H3. The molecule has 0 spiro atoms. The number of hydrogen-bond acceptors (Lipinski definition) is 3. The number of ether oxygens (including phenoxy) is 1. The smallest absolute Gasteiger partial charge is 0.338 e. The Hall–Kier alpha value is -1.81. The molecule has 0 saturated heterocycles. The Morgan fingerprint density at radius 1 is 1.19 bits per heavy atom. The minimum Gasteiger partial charge on any atom is -0.457 e. The molecule has 21 heavy (non-hydrogen) atoms. The van der Waals surface area contributed by atoms with Crippen LogP contribution in [0.2, 0.25) is 0 Å². The quantitative estimate of drug-likeness (QED) is 0.664. The van der Waals surface area contributed by atoms with Crippen LogP contribution in [0, 0.1) is 20.8 Å². The van der Waals surface area contributed by atoms with Gasteiger partial charge in [-0.25, -0.2) is 4.79 Å². The number of esters is 1. The van der Waals surface area contributed by atoms with Crippen LogP contribution in [0.3, 0.4) is 0 Å². The third kappa shape index (κ3) is 3.64. The summed E-state index contributed by atoms with van der Waals surface area (Å²) in [6.07, 6.45) is 0. The number of carbonyl (C=O) groups excluding carboxylic acids is 1. The molecule has 0 heterocycles. The molecule has 0 radical (unpaired) electrons. The summed E-state index contributed by atoms with van der Waals surface area (Å²) < 4.78 is 6.19. The molecule has 0 fully saturated rings. The fraction of sp³-hybridized carbons (Fsp3) is 0.235. The van der Waals surface area contributed by atoms with E-state index in [1.807, 2.05) is 39.0 Å². The van der Waals surface area contributed by atoms with Crippen molar-refractivity contribution in [2.24, 2.45) is 0 Å². The molecular weight excluding hydrogens is 330 g/mol. The molecule has 2 aromatic carbocycles. The summed E-state index contributed by atoms with van der Waals surface area (Å²) >= 11 is 3.34. The average molecular weight is 348 g/mol. The number of carbonyl (C=O) groups is 1. The highest BCUT2D eigenvalue weighted by molar-refractivity contribution is 9.10. The molecule has 2 N–H and O–H groups in total. The highest BCUT2D eigenvalue weighted by atomic mass is 79.9. The van der Waals surface area contributed by atoms with Gasteiger partial charge >= 0.3 is 5.97 Å². The van der Waals surface area contributed by atoms with Gasteiger partial charge in [0.2, 0.25) is 0 Å². The van der Waals surface area contributed by atoms with Crippen LogP contribution in [-0.4, -0.2) is 5.97 Å². The monoisotopic (exact) mass is 347 g/mol. The molecule has 0 aromatic heterocycles. The van der Waals surface area contributed by atoms with E-state index in [-0.39, 0.29) is 12.6 Å². The lowest BCUT2D eigenvalue weighted by Crippen LogP contribution is -2.09. The lowest BCUT2D eigenvalue weighted by Gasteiger charge is -2.11. The highest BCUT2D eigenvalue weighted by Gasteiger charge is 2.14. The van der Waals surface area contributed by atoms with E-state index in [4.69, 9.17) is 10.5 Å². The second-order valence-electron chi connectivity index (χ2n) is 5.17. The van der Waals surface area contributed by atoms with Gasteiger partial charge in [-0.3, -0.25) is 0 Å². The van der Waals surface area contributed by atoms with E-state index in [1.54, 1.807) is 12.1 Å². The zero-order chi connectivity index (χ0) is 15.6. The number of rotatable bonds is 3. The van der Waals surface area contributed by atoms with Crippen LogP contribution < -0.4 is 5.73 Å². The van der Waals surface area contributed by atoms with Gasteiger partial charge in [0.1, 0.15) is 6.61 Å². The van der Waals surface area contributed by atoms with Gasteiger partial charge in [-0.05, 0) is 49.6 Å². The highest BCUT2D eigenvalue weighted by Crippen LogP contribution is 2.24. The first-order chi connectivity index (χ1) is 9.88. The number of aryl methyl sites for hydroxylation is 2. The number of nitrogens with two attached hydrogens (primary N) is 1. The molecule has 110 valence electrons. The molecular formula is C17H18BrNO2. The van der Waals surface area contributed by atoms with Crippen molar-refractivity contribution in [2.75, 3.05) is 5.73 Å². The zero-order valence-corrected chi connectivity index (χ0v) is 14.0. The SMILES string of the molecule is Cc1ccc(C)c(COC(=O)c2cc(Br)cc(N)c2C)c1. The Morgan fingerprint density at radius 3 is 2.62 bits per heavy atom. The summed E-state index contributed by atoms with van der Waals surface area (Å²) in [6, 6.07) is 9.61. The van der Waals surface area contributed by atoms with E-state index in [1.165, 1.54) is 0 Å². The lowest BCUT2D eigenvalue weighted by molar-refractivity contribution is 0.0471. The molecule has 0 aliphatic rings. The summed E-state index contributed by atoms with van der Waals surface area (Å²) in [5, 5.41) is 0. The first-order valence-corrected chi connectivity index (χ1v) is 7.46. The Kier molecular flexibility index (Phi) is 4.68. The molecule has 2 rings (SSSR count). The Morgan fingerprint density at radius 2 is 1.90 bits per heavy atom. The van der Waals surface area contributed by atoms with Crippen LogP contribution in [0.25, 0.3) is 0 Å². The maximum absolute atomic E-state index is 12.2. The van der Waals surface area contributed by atoms with E-state index in [0.29, 0.717) is 11.3 Å². The van der Waals surface area contributed by atoms with Gasteiger partial charge in [-0.2, -0.15) is 0 Å². The van der Waals surface area contributed by atoms with Gasteiger partial charge in [0.05, 0.1) is 5.56 Å². The van der Waals surface area contributed by atoms with Gasteiger partial charge in [0.15, 0.2) is 0 Å². The topological polar surface area (TPSA) is 52.3 Å². The summed E-state index contributed by atoms with van der Waals surface area (Å²) in [4.78, 5) is 12.2. The molecule has 0 bridgehead atoms. The van der Waals surface area contributed by atoms with Crippen molar-refractivity contribution in [2.45, 2.75) is 27.4 Å². The van der Waals surface area contributed by atoms with Crippen molar-refractivity contribution in [3.8, 4) is 0 Å². The number of hydrogen-bond donors (Lipinski definition) is 1. The third-order valence-electron chi connectivity index (χ3n) is 3.50. The van der Waals surface area contributed by atoms with Crippen LogP contribution in [-0.2, 0) is 11.3 Å². The minimum atomic E-state index is -0.360. The van der Waals surface area contributed by atoms with Crippen LogP contribution >= 0.6 is 15.9 Å². The second kappa shape index (κ2) is 6.31. The third-order valence-corrected chi connectivity index (χ3v) is 3.95. The second-order valence-corrected chi connectivity index (χ2v) is 6.09. The average Bonchev–Trinajstić information content (AvgIpc) is 2.43. The Balaban J connectivity index is 2.17. The first-order valence-electron chi connectivity index (χ1n) is 6.67. The Labute approximate surface area is 133 Å². The largest absolute Gasteiger partial charge is 0.457 e. The van der Waals surface area contributed by atoms with Crippen LogP contribution in [0.15, 0.2) is 34.8 Å². The lowest BCUT2D eigenvalue weighted by atomic mass is 10.1. The number of halogens is 1. The normalized spacial score (nSPS) is 10.5. The number of nitrogen functional groups attached to an aromatic ring is 1. The van der Waals surface area contributed by atoms with Gasteiger partial charge < -0.3 is 10.5 Å². The van der Waals surface area contributed by atoms with E-state index in [0.717, 1.165) is 26.7 Å². The fourth-order valence-electron chi connectivity index (χ4n) is 2.09. The fourth-order valence-corrected chi connectivity index (χ4v) is 2.56. The molecule has 2 aromatic rings. The zero-order valence-electron chi connectivity index (χ0n) is 12.4. The van der Waals surface area contributed by atoms with Gasteiger partial charge in [0.25, 0.3) is 0 Å². The van der Waals surface area contributed by atoms with Crippen molar-refractivity contribution in [1.29, 1.82) is 0 Å². The minimum absolute atomic E-state index is 0.262. The van der Waals surface area contributed by atoms with Crippen LogP contribution in [0.4, 0.5) is 5.69 Å². The molecule has 0 aliphatic carbocycles. The first kappa shape index (κ1) is 15.6. The van der Waals surface area contributed by atoms with Crippen LogP contribution in [0.1, 0.15) is 32.6 Å². The molecule has 3 nitrogen and oxygen atoms in total. The van der Waals surface area contributed by atoms with Gasteiger partial charge in [-0.15, -0.1) is 0 Å². The van der Waals surface area contributed by atoms with Crippen molar-refractivity contribution in [3.05, 3.63) is 62.6 Å². The molecule has 0 saturated carbocycles. The van der Waals surface area contributed by atoms with E-state index >= 15 is 0 Å². The summed E-state index contributed by atoms with van der Waals surface area (Å²) in [6.45, 7) is 6.10. The maximum Gasteiger partial charge on any atom is 0.338 e. The summed E-state index contributed by atoms with van der Waals surface area (Å²) in [5.74, 6) is -0.360. The van der Waals surface area contributed by atoms with Gasteiger partial charge in [-0.1, -0.05) is 39.7 Å². The van der Waals surface area contributed by atoms with E-state index in [9.17, 15) is 4.79 Å². The van der Waals surface area contributed by atoms with Crippen molar-refractivity contribution in [1.82, 2.24) is 0 Å².